The number of hydrogen-bond donors (Lipinski definition) is 1. The molecule has 1 aliphatic rings. The van der Waals surface area contributed by atoms with E-state index in [-0.39, 0.29) is 11.8 Å². The minimum Gasteiger partial charge on any atom is -0.351 e. The second-order valence-electron chi connectivity index (χ2n) is 6.37. The molecular weight excluding hydrogens is 382 g/mol. The van der Waals surface area contributed by atoms with Gasteiger partial charge in [-0.15, -0.1) is 0 Å². The lowest BCUT2D eigenvalue weighted by atomic mass is 10.2. The van der Waals surface area contributed by atoms with Gasteiger partial charge < -0.3 is 10.2 Å². The Hall–Kier alpha value is -2.36. The highest BCUT2D eigenvalue weighted by Crippen LogP contribution is 2.14. The lowest BCUT2D eigenvalue weighted by molar-refractivity contribution is 0.0638. The van der Waals surface area contributed by atoms with Crippen molar-refractivity contribution in [2.24, 2.45) is 0 Å². The summed E-state index contributed by atoms with van der Waals surface area (Å²) in [6, 6.07) is 7.22. The Kier molecular flexibility index (Phi) is 5.42. The summed E-state index contributed by atoms with van der Waals surface area (Å²) in [5.74, 6) is 0.00676. The van der Waals surface area contributed by atoms with Crippen LogP contribution in [-0.2, 0) is 0 Å². The Morgan fingerprint density at radius 2 is 1.85 bits per heavy atom. The van der Waals surface area contributed by atoms with Crippen molar-refractivity contribution in [3.8, 4) is 0 Å². The molecule has 1 aliphatic heterocycles. The maximum absolute atomic E-state index is 12.3. The van der Waals surface area contributed by atoms with E-state index in [9.17, 15) is 9.59 Å². The molecule has 7 nitrogen and oxygen atoms in total. The van der Waals surface area contributed by atoms with E-state index >= 15 is 0 Å². The van der Waals surface area contributed by atoms with Gasteiger partial charge in [-0.25, -0.2) is 0 Å². The molecule has 9 heteroatoms. The van der Waals surface area contributed by atoms with Crippen LogP contribution in [0.25, 0.3) is 11.0 Å². The van der Waals surface area contributed by atoms with Gasteiger partial charge in [0, 0.05) is 50.2 Å². The molecule has 2 amide bonds. The topological polar surface area (TPSA) is 78.4 Å². The van der Waals surface area contributed by atoms with Gasteiger partial charge in [-0.3, -0.25) is 14.5 Å². The average Bonchev–Trinajstić information content (AvgIpc) is 3.39. The number of nitrogens with zero attached hydrogens (tertiary/aromatic N) is 4. The van der Waals surface area contributed by atoms with Gasteiger partial charge in [0.15, 0.2) is 0 Å². The number of nitrogens with one attached hydrogen (secondary N) is 1. The maximum atomic E-state index is 12.3. The van der Waals surface area contributed by atoms with E-state index in [0.717, 1.165) is 61.0 Å². The Morgan fingerprint density at radius 1 is 1.04 bits per heavy atom. The van der Waals surface area contributed by atoms with Crippen molar-refractivity contribution in [1.82, 2.24) is 23.9 Å². The smallest absolute Gasteiger partial charge is 0.254 e. The first-order valence-corrected chi connectivity index (χ1v) is 10.4. The molecule has 0 atom stereocenters. The summed E-state index contributed by atoms with van der Waals surface area (Å²) in [7, 11) is 0. The number of carbonyl (C=O) groups excluding carboxylic acids is 2. The third-order valence-corrected chi connectivity index (χ3v) is 5.90. The van der Waals surface area contributed by atoms with Crippen LogP contribution in [-0.4, -0.2) is 69.6 Å². The van der Waals surface area contributed by atoms with Crippen molar-refractivity contribution in [1.29, 1.82) is 0 Å². The van der Waals surface area contributed by atoms with Crippen LogP contribution in [0.15, 0.2) is 35.0 Å². The standard InChI is InChI=1S/C18H19N5O2S2/c24-17(13-1-2-15-16(11-13)21-27-20-15)19-4-5-22-6-8-23(9-7-22)18(25)14-3-10-26-12-14/h1-3,10-12H,4-9H2,(H,19,24). The fourth-order valence-electron chi connectivity index (χ4n) is 3.10. The van der Waals surface area contributed by atoms with E-state index in [1.807, 2.05) is 27.8 Å². The van der Waals surface area contributed by atoms with Crippen LogP contribution in [0, 0.1) is 0 Å². The second kappa shape index (κ2) is 8.12. The highest BCUT2D eigenvalue weighted by Gasteiger charge is 2.22. The minimum absolute atomic E-state index is 0.101. The number of rotatable bonds is 5. The van der Waals surface area contributed by atoms with Gasteiger partial charge in [0.25, 0.3) is 11.8 Å². The number of aromatic nitrogens is 2. The molecule has 4 rings (SSSR count). The van der Waals surface area contributed by atoms with Gasteiger partial charge in [0.1, 0.15) is 11.0 Å². The monoisotopic (exact) mass is 401 g/mol. The van der Waals surface area contributed by atoms with Gasteiger partial charge in [-0.2, -0.15) is 20.1 Å². The fourth-order valence-corrected chi connectivity index (χ4v) is 4.24. The highest BCUT2D eigenvalue weighted by atomic mass is 32.1. The molecule has 0 aliphatic carbocycles. The van der Waals surface area contributed by atoms with Crippen LogP contribution < -0.4 is 5.32 Å². The summed E-state index contributed by atoms with van der Waals surface area (Å²) < 4.78 is 8.31. The van der Waals surface area contributed by atoms with E-state index in [1.165, 1.54) is 0 Å². The summed E-state index contributed by atoms with van der Waals surface area (Å²) >= 11 is 2.69. The van der Waals surface area contributed by atoms with Crippen molar-refractivity contribution in [3.63, 3.8) is 0 Å². The maximum Gasteiger partial charge on any atom is 0.254 e. The summed E-state index contributed by atoms with van der Waals surface area (Å²) in [5, 5.41) is 6.77. The third-order valence-electron chi connectivity index (χ3n) is 4.66. The third kappa shape index (κ3) is 4.15. The Balaban J connectivity index is 1.22. The minimum atomic E-state index is -0.101. The van der Waals surface area contributed by atoms with Crippen LogP contribution in [0.4, 0.5) is 0 Å². The molecule has 3 heterocycles. The first-order chi connectivity index (χ1) is 13.2. The van der Waals surface area contributed by atoms with E-state index < -0.39 is 0 Å². The molecule has 0 radical (unpaired) electrons. The lowest BCUT2D eigenvalue weighted by Crippen LogP contribution is -2.50. The number of carbonyl (C=O) groups is 2. The number of amides is 2. The molecule has 3 aromatic rings. The fraction of sp³-hybridized carbons (Fsp3) is 0.333. The lowest BCUT2D eigenvalue weighted by Gasteiger charge is -2.34. The zero-order chi connectivity index (χ0) is 18.6. The molecule has 140 valence electrons. The predicted molar refractivity (Wildman–Crippen MR) is 106 cm³/mol. The molecule has 1 aromatic carbocycles. The van der Waals surface area contributed by atoms with Crippen LogP contribution in [0.1, 0.15) is 20.7 Å². The molecule has 2 aromatic heterocycles. The van der Waals surface area contributed by atoms with Crippen LogP contribution >= 0.6 is 23.1 Å². The molecule has 1 fully saturated rings. The quantitative estimate of drug-likeness (QED) is 0.707. The van der Waals surface area contributed by atoms with E-state index in [4.69, 9.17) is 0 Å². The van der Waals surface area contributed by atoms with Crippen molar-refractivity contribution in [3.05, 3.63) is 46.2 Å². The molecule has 0 bridgehead atoms. The van der Waals surface area contributed by atoms with E-state index in [0.29, 0.717) is 12.1 Å². The number of fused-ring (bicyclic) bond motifs is 1. The van der Waals surface area contributed by atoms with Crippen molar-refractivity contribution < 1.29 is 9.59 Å². The van der Waals surface area contributed by atoms with Crippen LogP contribution in [0.3, 0.4) is 0 Å². The predicted octanol–water partition coefficient (Wildman–Crippen LogP) is 1.94. The van der Waals surface area contributed by atoms with Gasteiger partial charge in [0.2, 0.25) is 0 Å². The van der Waals surface area contributed by atoms with E-state index in [1.54, 1.807) is 23.5 Å². The van der Waals surface area contributed by atoms with Crippen LogP contribution in [0.2, 0.25) is 0 Å². The Labute approximate surface area is 164 Å². The van der Waals surface area contributed by atoms with Crippen molar-refractivity contribution >= 4 is 45.9 Å². The molecule has 0 unspecified atom stereocenters. The zero-order valence-electron chi connectivity index (χ0n) is 14.6. The molecule has 0 saturated carbocycles. The summed E-state index contributed by atoms with van der Waals surface area (Å²) in [5.41, 5.74) is 2.93. The molecule has 1 N–H and O–H groups in total. The average molecular weight is 402 g/mol. The molecule has 1 saturated heterocycles. The molecular formula is C18H19N5O2S2. The summed E-state index contributed by atoms with van der Waals surface area (Å²) in [6.07, 6.45) is 0. The Bertz CT molecular complexity index is 932. The van der Waals surface area contributed by atoms with Crippen LogP contribution in [0.5, 0.6) is 0 Å². The second-order valence-corrected chi connectivity index (χ2v) is 7.68. The normalized spacial score (nSPS) is 15.2. The molecule has 27 heavy (non-hydrogen) atoms. The number of piperazine rings is 1. The van der Waals surface area contributed by atoms with Crippen molar-refractivity contribution in [2.45, 2.75) is 0 Å². The van der Waals surface area contributed by atoms with Gasteiger partial charge in [-0.05, 0) is 29.6 Å². The zero-order valence-corrected chi connectivity index (χ0v) is 16.3. The summed E-state index contributed by atoms with van der Waals surface area (Å²) in [4.78, 5) is 28.8. The molecule has 0 spiro atoms. The largest absolute Gasteiger partial charge is 0.351 e. The summed E-state index contributed by atoms with van der Waals surface area (Å²) in [6.45, 7) is 4.42. The van der Waals surface area contributed by atoms with Gasteiger partial charge >= 0.3 is 0 Å². The SMILES string of the molecule is O=C(NCCN1CCN(C(=O)c2ccsc2)CC1)c1ccc2nsnc2c1. The number of thiophene rings is 1. The number of hydrogen-bond acceptors (Lipinski definition) is 7. The first kappa shape index (κ1) is 18.0. The Morgan fingerprint density at radius 3 is 2.63 bits per heavy atom. The highest BCUT2D eigenvalue weighted by molar-refractivity contribution is 7.08. The van der Waals surface area contributed by atoms with E-state index in [2.05, 4.69) is 19.0 Å². The van der Waals surface area contributed by atoms with Gasteiger partial charge in [0.05, 0.1) is 17.3 Å². The first-order valence-electron chi connectivity index (χ1n) is 8.75. The number of benzene rings is 1. The van der Waals surface area contributed by atoms with Crippen molar-refractivity contribution in [2.75, 3.05) is 39.3 Å². The van der Waals surface area contributed by atoms with Gasteiger partial charge in [-0.1, -0.05) is 0 Å².